The lowest BCUT2D eigenvalue weighted by molar-refractivity contribution is 0.102. The molecule has 3 aromatic rings. The third-order valence-electron chi connectivity index (χ3n) is 3.61. The number of nitrogens with zero attached hydrogens (tertiary/aromatic N) is 2. The van der Waals surface area contributed by atoms with Crippen molar-refractivity contribution in [1.82, 2.24) is 9.97 Å². The van der Waals surface area contributed by atoms with Gasteiger partial charge in [-0.15, -0.1) is 0 Å². The number of nitrogens with one attached hydrogen (secondary N) is 2. The molecule has 0 aliphatic carbocycles. The molecule has 0 unspecified atom stereocenters. The largest absolute Gasteiger partial charge is 0.467 e. The lowest BCUT2D eigenvalue weighted by atomic mass is 10.2. The summed E-state index contributed by atoms with van der Waals surface area (Å²) < 4.78 is 5.27. The van der Waals surface area contributed by atoms with Crippen LogP contribution in [0.4, 0.5) is 11.5 Å². The average Bonchev–Trinajstić information content (AvgIpc) is 3.10. The molecule has 1 aromatic carbocycles. The highest BCUT2D eigenvalue weighted by Gasteiger charge is 2.13. The number of rotatable bonds is 5. The van der Waals surface area contributed by atoms with E-state index >= 15 is 0 Å². The SMILES string of the molecule is Cc1nc(NCc2ccco2)cc(C(=O)Nc2cccc(Cl)c2C)n1. The van der Waals surface area contributed by atoms with E-state index in [1.165, 1.54) is 0 Å². The molecule has 0 bridgehead atoms. The van der Waals surface area contributed by atoms with Gasteiger partial charge in [-0.2, -0.15) is 0 Å². The topological polar surface area (TPSA) is 80.0 Å². The van der Waals surface area contributed by atoms with Gasteiger partial charge in [0.1, 0.15) is 23.1 Å². The van der Waals surface area contributed by atoms with Crippen LogP contribution in [-0.2, 0) is 6.54 Å². The van der Waals surface area contributed by atoms with Crippen LogP contribution in [-0.4, -0.2) is 15.9 Å². The number of anilines is 2. The fourth-order valence-electron chi connectivity index (χ4n) is 2.29. The van der Waals surface area contributed by atoms with Crippen molar-refractivity contribution < 1.29 is 9.21 Å². The monoisotopic (exact) mass is 356 g/mol. The molecule has 0 radical (unpaired) electrons. The van der Waals surface area contributed by atoms with Gasteiger partial charge in [-0.05, 0) is 43.7 Å². The number of benzene rings is 1. The zero-order valence-corrected chi connectivity index (χ0v) is 14.6. The van der Waals surface area contributed by atoms with E-state index in [-0.39, 0.29) is 11.6 Å². The molecule has 128 valence electrons. The molecule has 25 heavy (non-hydrogen) atoms. The Morgan fingerprint density at radius 2 is 2.04 bits per heavy atom. The maximum atomic E-state index is 12.5. The highest BCUT2D eigenvalue weighted by molar-refractivity contribution is 6.31. The molecule has 3 rings (SSSR count). The molecular weight excluding hydrogens is 340 g/mol. The second kappa shape index (κ2) is 7.36. The van der Waals surface area contributed by atoms with Crippen LogP contribution >= 0.6 is 11.6 Å². The Labute approximate surface area is 150 Å². The fourth-order valence-corrected chi connectivity index (χ4v) is 2.47. The van der Waals surface area contributed by atoms with E-state index in [0.29, 0.717) is 28.9 Å². The Balaban J connectivity index is 1.76. The summed E-state index contributed by atoms with van der Waals surface area (Å²) in [5, 5.41) is 6.55. The van der Waals surface area contributed by atoms with E-state index in [2.05, 4.69) is 20.6 Å². The van der Waals surface area contributed by atoms with Gasteiger partial charge in [-0.1, -0.05) is 17.7 Å². The molecule has 6 nitrogen and oxygen atoms in total. The Kier molecular flexibility index (Phi) is 5.00. The minimum atomic E-state index is -0.322. The Bertz CT molecular complexity index is 894. The van der Waals surface area contributed by atoms with E-state index in [1.54, 1.807) is 37.5 Å². The zero-order chi connectivity index (χ0) is 17.8. The van der Waals surface area contributed by atoms with Crippen molar-refractivity contribution in [2.24, 2.45) is 0 Å². The van der Waals surface area contributed by atoms with Gasteiger partial charge in [0, 0.05) is 16.8 Å². The van der Waals surface area contributed by atoms with E-state index in [4.69, 9.17) is 16.0 Å². The number of aromatic nitrogens is 2. The molecule has 2 heterocycles. The van der Waals surface area contributed by atoms with Gasteiger partial charge in [0.25, 0.3) is 5.91 Å². The third-order valence-corrected chi connectivity index (χ3v) is 4.02. The Morgan fingerprint density at radius 3 is 2.80 bits per heavy atom. The number of carbonyl (C=O) groups excluding carboxylic acids is 1. The molecule has 1 amide bonds. The normalized spacial score (nSPS) is 10.5. The standard InChI is InChI=1S/C18H17ClN4O2/c1-11-14(19)6-3-7-15(11)23-18(24)16-9-17(22-12(2)21-16)20-10-13-5-4-8-25-13/h3-9H,10H2,1-2H3,(H,23,24)(H,20,21,22). The van der Waals surface area contributed by atoms with Gasteiger partial charge in [-0.3, -0.25) is 4.79 Å². The predicted octanol–water partition coefficient (Wildman–Crippen LogP) is 4.20. The summed E-state index contributed by atoms with van der Waals surface area (Å²) in [5.41, 5.74) is 1.73. The number of hydrogen-bond acceptors (Lipinski definition) is 5. The summed E-state index contributed by atoms with van der Waals surface area (Å²) >= 11 is 6.09. The molecule has 2 aromatic heterocycles. The molecule has 2 N–H and O–H groups in total. The van der Waals surface area contributed by atoms with Gasteiger partial charge in [0.15, 0.2) is 0 Å². The van der Waals surface area contributed by atoms with Crippen LogP contribution in [0.1, 0.15) is 27.6 Å². The first-order valence-electron chi connectivity index (χ1n) is 7.71. The van der Waals surface area contributed by atoms with Gasteiger partial charge in [0.2, 0.25) is 0 Å². The van der Waals surface area contributed by atoms with Crippen molar-refractivity contribution in [3.05, 3.63) is 70.5 Å². The average molecular weight is 357 g/mol. The van der Waals surface area contributed by atoms with Crippen LogP contribution in [0, 0.1) is 13.8 Å². The highest BCUT2D eigenvalue weighted by Crippen LogP contribution is 2.23. The van der Waals surface area contributed by atoms with E-state index in [0.717, 1.165) is 11.3 Å². The molecule has 0 aliphatic rings. The minimum Gasteiger partial charge on any atom is -0.467 e. The summed E-state index contributed by atoms with van der Waals surface area (Å²) in [6, 6.07) is 10.6. The van der Waals surface area contributed by atoms with Gasteiger partial charge in [-0.25, -0.2) is 9.97 Å². The van der Waals surface area contributed by atoms with Crippen LogP contribution in [0.5, 0.6) is 0 Å². The minimum absolute atomic E-state index is 0.272. The third kappa shape index (κ3) is 4.16. The first kappa shape index (κ1) is 17.0. The summed E-state index contributed by atoms with van der Waals surface area (Å²) in [5.74, 6) is 1.50. The second-order valence-corrected chi connectivity index (χ2v) is 5.89. The van der Waals surface area contributed by atoms with Crippen LogP contribution in [0.15, 0.2) is 47.1 Å². The number of carbonyl (C=O) groups is 1. The molecule has 0 fully saturated rings. The molecule has 0 aliphatic heterocycles. The van der Waals surface area contributed by atoms with Crippen molar-refractivity contribution in [2.45, 2.75) is 20.4 Å². The predicted molar refractivity (Wildman–Crippen MR) is 96.9 cm³/mol. The van der Waals surface area contributed by atoms with Gasteiger partial charge >= 0.3 is 0 Å². The van der Waals surface area contributed by atoms with Gasteiger partial charge < -0.3 is 15.1 Å². The number of hydrogen-bond donors (Lipinski definition) is 2. The van der Waals surface area contributed by atoms with Crippen LogP contribution in [0.2, 0.25) is 5.02 Å². The molecule has 0 saturated heterocycles. The van der Waals surface area contributed by atoms with Crippen molar-refractivity contribution in [2.75, 3.05) is 10.6 Å². The smallest absolute Gasteiger partial charge is 0.274 e. The maximum Gasteiger partial charge on any atom is 0.274 e. The Hall–Kier alpha value is -2.86. The van der Waals surface area contributed by atoms with Crippen molar-refractivity contribution in [3.63, 3.8) is 0 Å². The van der Waals surface area contributed by atoms with Crippen molar-refractivity contribution in [1.29, 1.82) is 0 Å². The first-order valence-corrected chi connectivity index (χ1v) is 8.09. The molecular formula is C18H17ClN4O2. The zero-order valence-electron chi connectivity index (χ0n) is 13.8. The second-order valence-electron chi connectivity index (χ2n) is 5.49. The van der Waals surface area contributed by atoms with E-state index < -0.39 is 0 Å². The molecule has 7 heteroatoms. The first-order chi connectivity index (χ1) is 12.0. The van der Waals surface area contributed by atoms with E-state index in [9.17, 15) is 4.79 Å². The molecule has 0 atom stereocenters. The van der Waals surface area contributed by atoms with E-state index in [1.807, 2.05) is 19.1 Å². The lowest BCUT2D eigenvalue weighted by Crippen LogP contribution is -2.16. The van der Waals surface area contributed by atoms with Crippen molar-refractivity contribution >= 4 is 29.0 Å². The molecule has 0 saturated carbocycles. The number of halogens is 1. The van der Waals surface area contributed by atoms with Crippen LogP contribution in [0.25, 0.3) is 0 Å². The summed E-state index contributed by atoms with van der Waals surface area (Å²) in [7, 11) is 0. The highest BCUT2D eigenvalue weighted by atomic mass is 35.5. The number of furan rings is 1. The fraction of sp³-hybridized carbons (Fsp3) is 0.167. The quantitative estimate of drug-likeness (QED) is 0.716. The lowest BCUT2D eigenvalue weighted by Gasteiger charge is -2.11. The van der Waals surface area contributed by atoms with Crippen molar-refractivity contribution in [3.8, 4) is 0 Å². The Morgan fingerprint density at radius 1 is 1.20 bits per heavy atom. The van der Waals surface area contributed by atoms with Gasteiger partial charge in [0.05, 0.1) is 12.8 Å². The maximum absolute atomic E-state index is 12.5. The molecule has 0 spiro atoms. The summed E-state index contributed by atoms with van der Waals surface area (Å²) in [6.07, 6.45) is 1.61. The number of amides is 1. The van der Waals surface area contributed by atoms with Crippen LogP contribution < -0.4 is 10.6 Å². The number of aryl methyl sites for hydroxylation is 1. The summed E-state index contributed by atoms with van der Waals surface area (Å²) in [6.45, 7) is 4.05. The van der Waals surface area contributed by atoms with Crippen LogP contribution in [0.3, 0.4) is 0 Å². The summed E-state index contributed by atoms with van der Waals surface area (Å²) in [4.78, 5) is 21.0.